The Labute approximate surface area is 198 Å². The molecule has 1 spiro atoms. The van der Waals surface area contributed by atoms with Gasteiger partial charge in [0.2, 0.25) is 0 Å². The number of nitrogens with zero attached hydrogens (tertiary/aromatic N) is 2. The predicted octanol–water partition coefficient (Wildman–Crippen LogP) is 3.55. The second-order valence-electron chi connectivity index (χ2n) is 9.88. The monoisotopic (exact) mass is 490 g/mol. The van der Waals surface area contributed by atoms with E-state index >= 15 is 0 Å². The molecule has 0 amide bonds. The molecular formula is C24H34N4O3S2. The average Bonchev–Trinajstić information content (AvgIpc) is 2.69. The molecule has 0 aliphatic carbocycles. The van der Waals surface area contributed by atoms with Gasteiger partial charge in [-0.3, -0.25) is 4.31 Å². The minimum atomic E-state index is -3.90. The zero-order chi connectivity index (χ0) is 24.0. The first-order valence-corrected chi connectivity index (χ1v) is 14.8. The molecule has 4 rings (SSSR count). The number of benzene rings is 2. The van der Waals surface area contributed by atoms with Gasteiger partial charge in [-0.25, -0.2) is 17.4 Å². The van der Waals surface area contributed by atoms with Gasteiger partial charge in [-0.2, -0.15) is 0 Å². The van der Waals surface area contributed by atoms with Gasteiger partial charge in [-0.05, 0) is 48.2 Å². The van der Waals surface area contributed by atoms with Crippen molar-refractivity contribution in [2.24, 2.45) is 11.3 Å². The number of hydrogen-bond donors (Lipinski definition) is 2. The topological polar surface area (TPSA) is 93.6 Å². The van der Waals surface area contributed by atoms with Crippen LogP contribution in [-0.4, -0.2) is 51.6 Å². The first kappa shape index (κ1) is 24.0. The fraction of sp³-hybridized carbons (Fsp3) is 0.500. The molecule has 1 atom stereocenters. The molecule has 2 N–H and O–H groups in total. The fourth-order valence-corrected chi connectivity index (χ4v) is 7.24. The minimum Gasteiger partial charge on any atom is -0.369 e. The summed E-state index contributed by atoms with van der Waals surface area (Å²) in [7, 11) is -7.03. The Morgan fingerprint density at radius 2 is 1.73 bits per heavy atom. The lowest BCUT2D eigenvalue weighted by molar-refractivity contribution is 0.121. The van der Waals surface area contributed by atoms with E-state index in [1.165, 1.54) is 16.6 Å². The SMILES string of the molecule is CCc1ccc(N(CC(C)C)S(=O)(=O)c2ccc(N3CC4(CNC4)C3)c(S(C)(=N)=O)c2)cc1. The summed E-state index contributed by atoms with van der Waals surface area (Å²) in [5.41, 5.74) is 2.71. The quantitative estimate of drug-likeness (QED) is 0.590. The number of aryl methyl sites for hydroxylation is 1. The fourth-order valence-electron chi connectivity index (χ4n) is 4.56. The Morgan fingerprint density at radius 3 is 2.21 bits per heavy atom. The van der Waals surface area contributed by atoms with E-state index in [9.17, 15) is 12.6 Å². The Kier molecular flexibility index (Phi) is 6.26. The lowest BCUT2D eigenvalue weighted by Gasteiger charge is -2.57. The van der Waals surface area contributed by atoms with Crippen LogP contribution in [0.3, 0.4) is 0 Å². The van der Waals surface area contributed by atoms with Crippen LogP contribution in [0.25, 0.3) is 0 Å². The van der Waals surface area contributed by atoms with Crippen molar-refractivity contribution in [2.75, 3.05) is 48.2 Å². The molecule has 2 heterocycles. The van der Waals surface area contributed by atoms with Crippen LogP contribution in [0.1, 0.15) is 26.3 Å². The largest absolute Gasteiger partial charge is 0.369 e. The zero-order valence-electron chi connectivity index (χ0n) is 19.8. The van der Waals surface area contributed by atoms with Crippen molar-refractivity contribution in [3.05, 3.63) is 48.0 Å². The summed E-state index contributed by atoms with van der Waals surface area (Å²) >= 11 is 0. The van der Waals surface area contributed by atoms with Crippen molar-refractivity contribution >= 4 is 31.1 Å². The van der Waals surface area contributed by atoms with Gasteiger partial charge in [-0.15, -0.1) is 0 Å². The van der Waals surface area contributed by atoms with Crippen LogP contribution in [0.15, 0.2) is 52.3 Å². The molecule has 2 saturated heterocycles. The second kappa shape index (κ2) is 8.60. The van der Waals surface area contributed by atoms with E-state index in [4.69, 9.17) is 4.78 Å². The molecule has 9 heteroatoms. The Bertz CT molecular complexity index is 1230. The molecule has 2 aromatic rings. The Hall–Kier alpha value is -2.10. The molecule has 0 radical (unpaired) electrons. The van der Waals surface area contributed by atoms with Gasteiger partial charge in [0.25, 0.3) is 10.0 Å². The molecule has 0 saturated carbocycles. The lowest BCUT2D eigenvalue weighted by atomic mass is 9.74. The summed E-state index contributed by atoms with van der Waals surface area (Å²) in [6.45, 7) is 9.95. The van der Waals surface area contributed by atoms with E-state index in [-0.39, 0.29) is 21.1 Å². The maximum absolute atomic E-state index is 13.8. The number of nitrogens with one attached hydrogen (secondary N) is 2. The molecule has 2 fully saturated rings. The van der Waals surface area contributed by atoms with Crippen molar-refractivity contribution in [1.82, 2.24) is 5.32 Å². The lowest BCUT2D eigenvalue weighted by Crippen LogP contribution is -2.71. The Balaban J connectivity index is 1.73. The van der Waals surface area contributed by atoms with Crippen molar-refractivity contribution < 1.29 is 12.6 Å². The van der Waals surface area contributed by atoms with Crippen LogP contribution in [0, 0.1) is 16.1 Å². The molecule has 33 heavy (non-hydrogen) atoms. The zero-order valence-corrected chi connectivity index (χ0v) is 21.4. The van der Waals surface area contributed by atoms with Crippen LogP contribution >= 0.6 is 0 Å². The van der Waals surface area contributed by atoms with Gasteiger partial charge in [0.15, 0.2) is 0 Å². The molecule has 180 valence electrons. The normalized spacial score (nSPS) is 19.1. The minimum absolute atomic E-state index is 0.0730. The average molecular weight is 491 g/mol. The number of hydrogen-bond acceptors (Lipinski definition) is 6. The van der Waals surface area contributed by atoms with E-state index in [1.807, 2.05) is 38.1 Å². The Morgan fingerprint density at radius 1 is 1.09 bits per heavy atom. The molecule has 2 aromatic carbocycles. The maximum Gasteiger partial charge on any atom is 0.264 e. The third-order valence-electron chi connectivity index (χ3n) is 6.50. The first-order chi connectivity index (χ1) is 15.4. The molecule has 2 aliphatic heterocycles. The molecule has 2 aliphatic rings. The van der Waals surface area contributed by atoms with Crippen LogP contribution < -0.4 is 14.5 Å². The van der Waals surface area contributed by atoms with Gasteiger partial charge >= 0.3 is 0 Å². The second-order valence-corrected chi connectivity index (χ2v) is 13.9. The standard InChI is InChI=1S/C24H34N4O3S2/c1-5-19-6-8-20(9-7-19)28(13-18(2)3)33(30,31)21-10-11-22(23(12-21)32(4,25)29)27-16-24(17-27)14-26-15-24/h6-12,18,25-26H,5,13-17H2,1-4H3. The third-order valence-corrected chi connectivity index (χ3v) is 9.45. The van der Waals surface area contributed by atoms with Crippen molar-refractivity contribution in [1.29, 1.82) is 4.78 Å². The van der Waals surface area contributed by atoms with Crippen LogP contribution in [0.5, 0.6) is 0 Å². The molecule has 7 nitrogen and oxygen atoms in total. The van der Waals surface area contributed by atoms with Gasteiger partial charge in [0.05, 0.1) is 30.9 Å². The highest BCUT2D eigenvalue weighted by atomic mass is 32.2. The summed E-state index contributed by atoms with van der Waals surface area (Å²) in [5, 5.41) is 3.30. The van der Waals surface area contributed by atoms with Crippen molar-refractivity contribution in [2.45, 2.75) is 37.0 Å². The highest BCUT2D eigenvalue weighted by Crippen LogP contribution is 2.41. The number of rotatable bonds is 8. The highest BCUT2D eigenvalue weighted by Gasteiger charge is 2.48. The van der Waals surface area contributed by atoms with Gasteiger partial charge in [-0.1, -0.05) is 32.9 Å². The van der Waals surface area contributed by atoms with Crippen LogP contribution in [0.4, 0.5) is 11.4 Å². The van der Waals surface area contributed by atoms with E-state index in [1.54, 1.807) is 12.1 Å². The van der Waals surface area contributed by atoms with Gasteiger partial charge in [0, 0.05) is 44.4 Å². The smallest absolute Gasteiger partial charge is 0.264 e. The first-order valence-electron chi connectivity index (χ1n) is 11.4. The summed E-state index contributed by atoms with van der Waals surface area (Å²) in [6.07, 6.45) is 2.24. The number of anilines is 2. The van der Waals surface area contributed by atoms with Crippen LogP contribution in [0.2, 0.25) is 0 Å². The van der Waals surface area contributed by atoms with Gasteiger partial charge < -0.3 is 10.2 Å². The highest BCUT2D eigenvalue weighted by molar-refractivity contribution is 7.93. The van der Waals surface area contributed by atoms with E-state index in [2.05, 4.69) is 17.1 Å². The predicted molar refractivity (Wildman–Crippen MR) is 134 cm³/mol. The van der Waals surface area contributed by atoms with E-state index in [0.717, 1.165) is 38.2 Å². The summed E-state index contributed by atoms with van der Waals surface area (Å²) in [6, 6.07) is 12.4. The molecule has 0 bridgehead atoms. The van der Waals surface area contributed by atoms with Crippen molar-refractivity contribution in [3.8, 4) is 0 Å². The maximum atomic E-state index is 13.8. The summed E-state index contributed by atoms with van der Waals surface area (Å²) in [4.78, 5) is 2.47. The van der Waals surface area contributed by atoms with Crippen LogP contribution in [-0.2, 0) is 26.2 Å². The summed E-state index contributed by atoms with van der Waals surface area (Å²) < 4.78 is 50.1. The van der Waals surface area contributed by atoms with E-state index in [0.29, 0.717) is 17.9 Å². The van der Waals surface area contributed by atoms with Crippen molar-refractivity contribution in [3.63, 3.8) is 0 Å². The molecule has 0 aromatic heterocycles. The third kappa shape index (κ3) is 4.63. The number of sulfonamides is 1. The van der Waals surface area contributed by atoms with E-state index < -0.39 is 19.8 Å². The summed E-state index contributed by atoms with van der Waals surface area (Å²) in [5.74, 6) is 0.115. The van der Waals surface area contributed by atoms with Gasteiger partial charge in [0.1, 0.15) is 0 Å². The molecular weight excluding hydrogens is 456 g/mol. The molecule has 1 unspecified atom stereocenters.